The zero-order valence-electron chi connectivity index (χ0n) is 6.90. The summed E-state index contributed by atoms with van der Waals surface area (Å²) >= 11 is 1.56. The summed E-state index contributed by atoms with van der Waals surface area (Å²) in [5.74, 6) is 0. The van der Waals surface area contributed by atoms with E-state index in [2.05, 4.69) is 40.8 Å². The lowest BCUT2D eigenvalue weighted by atomic mass is 10.2. The van der Waals surface area contributed by atoms with Crippen molar-refractivity contribution in [3.05, 3.63) is 42.6 Å². The van der Waals surface area contributed by atoms with Gasteiger partial charge in [0.1, 0.15) is 0 Å². The molecule has 0 atom stereocenters. The van der Waals surface area contributed by atoms with Crippen molar-refractivity contribution in [2.75, 3.05) is 0 Å². The molecule has 2 heteroatoms. The van der Waals surface area contributed by atoms with E-state index in [4.69, 9.17) is 0 Å². The van der Waals surface area contributed by atoms with Crippen LogP contribution in [0.3, 0.4) is 0 Å². The zero-order valence-corrected chi connectivity index (χ0v) is 7.71. The lowest BCUT2D eigenvalue weighted by Gasteiger charge is -1.89. The number of hydrogen-bond acceptors (Lipinski definition) is 2. The standard InChI is InChI=1S/C11H7NS/c1-3-8-4-2-6-10(8)11-9(5-1)7-12-13-11/h1-7H. The molecule has 0 spiro atoms. The van der Waals surface area contributed by atoms with Crippen molar-refractivity contribution in [3.8, 4) is 11.1 Å². The molecule has 3 rings (SSSR count). The molecule has 0 amide bonds. The number of rotatable bonds is 0. The molecule has 0 aliphatic heterocycles. The largest absolute Gasteiger partial charge is 0.200 e. The molecular weight excluding hydrogens is 178 g/mol. The summed E-state index contributed by atoms with van der Waals surface area (Å²) < 4.78 is 5.48. The third kappa shape index (κ3) is 0.956. The third-order valence-electron chi connectivity index (χ3n) is 2.24. The Balaban J connectivity index is 2.58. The average molecular weight is 185 g/mol. The van der Waals surface area contributed by atoms with Crippen LogP contribution in [0, 0.1) is 0 Å². The second-order valence-corrected chi connectivity index (χ2v) is 3.83. The Labute approximate surface area is 80.2 Å². The van der Waals surface area contributed by atoms with Gasteiger partial charge in [-0.25, -0.2) is 0 Å². The van der Waals surface area contributed by atoms with Gasteiger partial charge in [-0.3, -0.25) is 0 Å². The average Bonchev–Trinajstić information content (AvgIpc) is 2.72. The van der Waals surface area contributed by atoms with Crippen molar-refractivity contribution in [2.45, 2.75) is 0 Å². The smallest absolute Gasteiger partial charge is 0.0628 e. The molecule has 0 radical (unpaired) electrons. The van der Waals surface area contributed by atoms with Crippen molar-refractivity contribution in [1.82, 2.24) is 4.37 Å². The van der Waals surface area contributed by atoms with Crippen molar-refractivity contribution in [1.29, 1.82) is 0 Å². The summed E-state index contributed by atoms with van der Waals surface area (Å²) in [6, 6.07) is 12.7. The molecule has 2 aliphatic rings. The van der Waals surface area contributed by atoms with Gasteiger partial charge in [0.05, 0.1) is 4.70 Å². The monoisotopic (exact) mass is 185 g/mol. The van der Waals surface area contributed by atoms with Gasteiger partial charge in [0.15, 0.2) is 0 Å². The van der Waals surface area contributed by atoms with Crippen molar-refractivity contribution >= 4 is 21.6 Å². The number of aromatic nitrogens is 1. The van der Waals surface area contributed by atoms with Gasteiger partial charge in [0.2, 0.25) is 0 Å². The van der Waals surface area contributed by atoms with Crippen molar-refractivity contribution in [3.63, 3.8) is 0 Å². The lowest BCUT2D eigenvalue weighted by Crippen LogP contribution is -1.63. The SMILES string of the molecule is c1cc2cccc3cnsc3c-2c1. The Bertz CT molecular complexity index is 527. The maximum Gasteiger partial charge on any atom is 0.0628 e. The van der Waals surface area contributed by atoms with E-state index in [0.717, 1.165) is 0 Å². The van der Waals surface area contributed by atoms with E-state index >= 15 is 0 Å². The molecule has 0 unspecified atom stereocenters. The second-order valence-electron chi connectivity index (χ2n) is 3.03. The Morgan fingerprint density at radius 3 is 2.77 bits per heavy atom. The first kappa shape index (κ1) is 7.04. The molecule has 0 N–H and O–H groups in total. The normalized spacial score (nSPS) is 11.1. The molecule has 0 saturated carbocycles. The van der Waals surface area contributed by atoms with Crippen LogP contribution in [0.25, 0.3) is 21.2 Å². The Kier molecular flexibility index (Phi) is 1.37. The molecule has 0 bridgehead atoms. The van der Waals surface area contributed by atoms with Crippen molar-refractivity contribution in [2.24, 2.45) is 0 Å². The maximum absolute atomic E-state index is 4.20. The molecule has 1 aromatic rings. The van der Waals surface area contributed by atoms with Crippen LogP contribution >= 0.6 is 11.5 Å². The van der Waals surface area contributed by atoms with Crippen LogP contribution in [-0.4, -0.2) is 4.37 Å². The van der Waals surface area contributed by atoms with E-state index in [-0.39, 0.29) is 0 Å². The topological polar surface area (TPSA) is 12.9 Å². The minimum Gasteiger partial charge on any atom is -0.200 e. The van der Waals surface area contributed by atoms with E-state index in [9.17, 15) is 0 Å². The quantitative estimate of drug-likeness (QED) is 0.523. The molecule has 2 aliphatic carbocycles. The van der Waals surface area contributed by atoms with E-state index in [1.54, 1.807) is 11.5 Å². The molecule has 0 saturated heterocycles. The first-order valence-electron chi connectivity index (χ1n) is 4.17. The van der Waals surface area contributed by atoms with Crippen molar-refractivity contribution < 1.29 is 0 Å². The van der Waals surface area contributed by atoms with Gasteiger partial charge in [-0.05, 0) is 17.1 Å². The number of nitrogens with zero attached hydrogens (tertiary/aromatic N) is 1. The summed E-state index contributed by atoms with van der Waals surface area (Å²) in [5.41, 5.74) is 2.60. The lowest BCUT2D eigenvalue weighted by molar-refractivity contribution is 1.61. The fourth-order valence-electron chi connectivity index (χ4n) is 1.61. The van der Waals surface area contributed by atoms with E-state index in [1.807, 2.05) is 6.20 Å². The fraction of sp³-hybridized carbons (Fsp3) is 0. The predicted octanol–water partition coefficient (Wildman–Crippen LogP) is 3.40. The van der Waals surface area contributed by atoms with Crippen LogP contribution in [-0.2, 0) is 0 Å². The zero-order chi connectivity index (χ0) is 8.67. The Hall–Kier alpha value is -1.41. The van der Waals surface area contributed by atoms with Gasteiger partial charge < -0.3 is 0 Å². The minimum absolute atomic E-state index is 1.23. The van der Waals surface area contributed by atoms with Gasteiger partial charge in [-0.2, -0.15) is 4.37 Å². The molecule has 1 aromatic heterocycles. The van der Waals surface area contributed by atoms with Crippen LogP contribution < -0.4 is 0 Å². The predicted molar refractivity (Wildman–Crippen MR) is 56.2 cm³/mol. The van der Waals surface area contributed by atoms with Gasteiger partial charge >= 0.3 is 0 Å². The molecular formula is C11H7NS. The maximum atomic E-state index is 4.20. The van der Waals surface area contributed by atoms with Gasteiger partial charge in [-0.1, -0.05) is 36.4 Å². The van der Waals surface area contributed by atoms with Gasteiger partial charge in [0, 0.05) is 17.1 Å². The van der Waals surface area contributed by atoms with Crippen LogP contribution in [0.15, 0.2) is 42.6 Å². The summed E-state index contributed by atoms with van der Waals surface area (Å²) in [6.07, 6.45) is 1.92. The second kappa shape index (κ2) is 2.54. The molecule has 62 valence electrons. The number of hydrogen-bond donors (Lipinski definition) is 0. The summed E-state index contributed by atoms with van der Waals surface area (Å²) in [4.78, 5) is 0. The minimum atomic E-state index is 1.23. The van der Waals surface area contributed by atoms with Crippen LogP contribution in [0.1, 0.15) is 0 Å². The highest BCUT2D eigenvalue weighted by molar-refractivity contribution is 7.13. The Morgan fingerprint density at radius 2 is 1.85 bits per heavy atom. The highest BCUT2D eigenvalue weighted by atomic mass is 32.1. The molecule has 13 heavy (non-hydrogen) atoms. The number of fused-ring (bicyclic) bond motifs is 3. The third-order valence-corrected chi connectivity index (χ3v) is 3.09. The molecule has 0 aromatic carbocycles. The highest BCUT2D eigenvalue weighted by Crippen LogP contribution is 2.31. The van der Waals surface area contributed by atoms with E-state index < -0.39 is 0 Å². The van der Waals surface area contributed by atoms with E-state index in [1.165, 1.54) is 21.2 Å². The molecule has 0 fully saturated rings. The fourth-order valence-corrected chi connectivity index (χ4v) is 2.39. The molecule has 1 nitrogen and oxygen atoms in total. The summed E-state index contributed by atoms with van der Waals surface area (Å²) in [6.45, 7) is 0. The van der Waals surface area contributed by atoms with Crippen LogP contribution in [0.5, 0.6) is 0 Å². The van der Waals surface area contributed by atoms with E-state index in [0.29, 0.717) is 0 Å². The highest BCUT2D eigenvalue weighted by Gasteiger charge is 2.05. The van der Waals surface area contributed by atoms with Gasteiger partial charge in [-0.15, -0.1) is 0 Å². The first-order chi connectivity index (χ1) is 6.45. The first-order valence-corrected chi connectivity index (χ1v) is 4.95. The Morgan fingerprint density at radius 1 is 1.00 bits per heavy atom. The van der Waals surface area contributed by atoms with Crippen LogP contribution in [0.2, 0.25) is 0 Å². The summed E-state index contributed by atoms with van der Waals surface area (Å²) in [5, 5.41) is 1.23. The summed E-state index contributed by atoms with van der Waals surface area (Å²) in [7, 11) is 0. The van der Waals surface area contributed by atoms with Crippen LogP contribution in [0.4, 0.5) is 0 Å². The van der Waals surface area contributed by atoms with Gasteiger partial charge in [0.25, 0.3) is 0 Å². The molecule has 1 heterocycles.